The van der Waals surface area contributed by atoms with Crippen molar-refractivity contribution in [3.63, 3.8) is 0 Å². The molecule has 3 rings (SSSR count). The predicted molar refractivity (Wildman–Crippen MR) is 72.5 cm³/mol. The molecule has 1 N–H and O–H groups in total. The third kappa shape index (κ3) is 1.89. The second-order valence-electron chi connectivity index (χ2n) is 5.24. The molecule has 1 fully saturated rings. The zero-order chi connectivity index (χ0) is 13.5. The summed E-state index contributed by atoms with van der Waals surface area (Å²) in [5.74, 6) is -0.318. The molecule has 0 radical (unpaired) electrons. The van der Waals surface area contributed by atoms with Gasteiger partial charge in [-0.2, -0.15) is 0 Å². The number of aryl methyl sites for hydroxylation is 1. The zero-order valence-corrected chi connectivity index (χ0v) is 11.2. The predicted octanol–water partition coefficient (Wildman–Crippen LogP) is 1.01. The van der Waals surface area contributed by atoms with Crippen molar-refractivity contribution >= 4 is 11.1 Å². The third-order valence-corrected chi connectivity index (χ3v) is 4.01. The fourth-order valence-electron chi connectivity index (χ4n) is 2.63. The van der Waals surface area contributed by atoms with E-state index in [1.165, 1.54) is 10.1 Å². The molecule has 0 unspecified atom stereocenters. The lowest BCUT2D eigenvalue weighted by Gasteiger charge is -2.42. The number of hydrogen-bond donors (Lipinski definition) is 1. The summed E-state index contributed by atoms with van der Waals surface area (Å²) >= 11 is 0. The standard InChI is InChI=1S/C14H18N2O3/c1-15-6-5-14(8-18-9-14)10-3-4-11-12(7-10)19-13(17)16(11)2/h3-4,7,15H,5-6,8-9H2,1-2H3. The van der Waals surface area contributed by atoms with Gasteiger partial charge >= 0.3 is 5.76 Å². The highest BCUT2D eigenvalue weighted by Gasteiger charge is 2.40. The summed E-state index contributed by atoms with van der Waals surface area (Å²) in [6.07, 6.45) is 1.02. The first-order valence-electron chi connectivity index (χ1n) is 6.49. The molecule has 2 heterocycles. The van der Waals surface area contributed by atoms with E-state index in [1.54, 1.807) is 7.05 Å². The van der Waals surface area contributed by atoms with E-state index in [0.717, 1.165) is 31.7 Å². The summed E-state index contributed by atoms with van der Waals surface area (Å²) in [7, 11) is 3.67. The summed E-state index contributed by atoms with van der Waals surface area (Å²) in [4.78, 5) is 11.5. The Morgan fingerprint density at radius 2 is 2.21 bits per heavy atom. The Morgan fingerprint density at radius 3 is 2.84 bits per heavy atom. The van der Waals surface area contributed by atoms with Gasteiger partial charge in [0, 0.05) is 12.5 Å². The van der Waals surface area contributed by atoms with E-state index in [-0.39, 0.29) is 11.2 Å². The van der Waals surface area contributed by atoms with Gasteiger partial charge in [-0.05, 0) is 37.7 Å². The maximum absolute atomic E-state index is 11.5. The minimum absolute atomic E-state index is 0.0611. The van der Waals surface area contributed by atoms with Crippen molar-refractivity contribution in [3.05, 3.63) is 34.3 Å². The molecule has 1 aromatic carbocycles. The third-order valence-electron chi connectivity index (χ3n) is 4.01. The molecule has 19 heavy (non-hydrogen) atoms. The molecule has 1 aliphatic heterocycles. The highest BCUT2D eigenvalue weighted by atomic mass is 16.5. The van der Waals surface area contributed by atoms with Crippen molar-refractivity contribution in [2.75, 3.05) is 26.8 Å². The molecular formula is C14H18N2O3. The summed E-state index contributed by atoms with van der Waals surface area (Å²) in [5.41, 5.74) is 2.74. The monoisotopic (exact) mass is 262 g/mol. The Labute approximate surface area is 111 Å². The van der Waals surface area contributed by atoms with Gasteiger partial charge in [0.25, 0.3) is 0 Å². The Balaban J connectivity index is 2.02. The van der Waals surface area contributed by atoms with Crippen LogP contribution in [-0.4, -0.2) is 31.4 Å². The Hall–Kier alpha value is -1.59. The molecular weight excluding hydrogens is 244 g/mol. The lowest BCUT2D eigenvalue weighted by atomic mass is 9.76. The molecule has 1 aliphatic rings. The zero-order valence-electron chi connectivity index (χ0n) is 11.2. The number of ether oxygens (including phenoxy) is 1. The van der Waals surface area contributed by atoms with Crippen molar-refractivity contribution < 1.29 is 9.15 Å². The first-order chi connectivity index (χ1) is 9.16. The van der Waals surface area contributed by atoms with Crippen LogP contribution in [0.1, 0.15) is 12.0 Å². The summed E-state index contributed by atoms with van der Waals surface area (Å²) in [6.45, 7) is 2.41. The number of hydrogen-bond acceptors (Lipinski definition) is 4. The first kappa shape index (κ1) is 12.4. The first-order valence-corrected chi connectivity index (χ1v) is 6.49. The van der Waals surface area contributed by atoms with Gasteiger partial charge in [0.2, 0.25) is 0 Å². The van der Waals surface area contributed by atoms with Gasteiger partial charge in [-0.25, -0.2) is 4.79 Å². The van der Waals surface area contributed by atoms with Crippen molar-refractivity contribution in [1.82, 2.24) is 9.88 Å². The number of nitrogens with zero attached hydrogens (tertiary/aromatic N) is 1. The molecule has 0 aliphatic carbocycles. The highest BCUT2D eigenvalue weighted by molar-refractivity contribution is 5.74. The van der Waals surface area contributed by atoms with Gasteiger partial charge in [0.1, 0.15) is 0 Å². The van der Waals surface area contributed by atoms with Gasteiger partial charge in [0.05, 0.1) is 18.7 Å². The van der Waals surface area contributed by atoms with Crippen LogP contribution in [0.2, 0.25) is 0 Å². The molecule has 0 spiro atoms. The molecule has 5 heteroatoms. The second kappa shape index (κ2) is 4.51. The molecule has 2 aromatic rings. The summed E-state index contributed by atoms with van der Waals surface area (Å²) in [5, 5.41) is 3.18. The van der Waals surface area contributed by atoms with Crippen LogP contribution < -0.4 is 11.1 Å². The van der Waals surface area contributed by atoms with Crippen LogP contribution >= 0.6 is 0 Å². The minimum Gasteiger partial charge on any atom is -0.408 e. The lowest BCUT2D eigenvalue weighted by Crippen LogP contribution is -2.48. The number of oxazole rings is 1. The molecule has 0 atom stereocenters. The normalized spacial score (nSPS) is 17.6. The maximum Gasteiger partial charge on any atom is 0.419 e. The van der Waals surface area contributed by atoms with E-state index in [1.807, 2.05) is 19.2 Å². The highest BCUT2D eigenvalue weighted by Crippen LogP contribution is 2.36. The molecule has 0 amide bonds. The Bertz CT molecular complexity index is 652. The smallest absolute Gasteiger partial charge is 0.408 e. The molecule has 5 nitrogen and oxygen atoms in total. The molecule has 0 bridgehead atoms. The number of rotatable bonds is 4. The quantitative estimate of drug-likeness (QED) is 0.893. The van der Waals surface area contributed by atoms with Gasteiger partial charge in [-0.15, -0.1) is 0 Å². The van der Waals surface area contributed by atoms with Gasteiger partial charge in [-0.3, -0.25) is 4.57 Å². The largest absolute Gasteiger partial charge is 0.419 e. The number of benzene rings is 1. The van der Waals surface area contributed by atoms with Gasteiger partial charge in [0.15, 0.2) is 5.58 Å². The van der Waals surface area contributed by atoms with E-state index in [0.29, 0.717) is 5.58 Å². The van der Waals surface area contributed by atoms with E-state index in [4.69, 9.17) is 9.15 Å². The van der Waals surface area contributed by atoms with Crippen LogP contribution in [0, 0.1) is 0 Å². The molecule has 1 saturated heterocycles. The molecule has 1 aromatic heterocycles. The van der Waals surface area contributed by atoms with E-state index < -0.39 is 0 Å². The number of nitrogens with one attached hydrogen (secondary N) is 1. The van der Waals surface area contributed by atoms with Crippen LogP contribution in [0.4, 0.5) is 0 Å². The number of fused-ring (bicyclic) bond motifs is 1. The molecule has 0 saturated carbocycles. The molecule has 102 valence electrons. The van der Waals surface area contributed by atoms with E-state index in [2.05, 4.69) is 11.4 Å². The Kier molecular flexibility index (Phi) is 2.95. The average Bonchev–Trinajstić information content (AvgIpc) is 2.64. The summed E-state index contributed by atoms with van der Waals surface area (Å²) in [6, 6.07) is 6.01. The summed E-state index contributed by atoms with van der Waals surface area (Å²) < 4.78 is 12.2. The van der Waals surface area contributed by atoms with Gasteiger partial charge in [-0.1, -0.05) is 6.07 Å². The SMILES string of the molecule is CNCCC1(c2ccc3c(c2)oc(=O)n3C)COC1. The van der Waals surface area contributed by atoms with Crippen LogP contribution in [0.15, 0.2) is 27.4 Å². The lowest BCUT2D eigenvalue weighted by molar-refractivity contribution is -0.0637. The van der Waals surface area contributed by atoms with Crippen LogP contribution in [0.3, 0.4) is 0 Å². The number of aromatic nitrogens is 1. The Morgan fingerprint density at radius 1 is 1.42 bits per heavy atom. The van der Waals surface area contributed by atoms with Crippen molar-refractivity contribution in [1.29, 1.82) is 0 Å². The van der Waals surface area contributed by atoms with Crippen LogP contribution in [0.5, 0.6) is 0 Å². The fraction of sp³-hybridized carbons (Fsp3) is 0.500. The van der Waals surface area contributed by atoms with Crippen molar-refractivity contribution in [2.45, 2.75) is 11.8 Å². The van der Waals surface area contributed by atoms with Crippen molar-refractivity contribution in [2.24, 2.45) is 7.05 Å². The van der Waals surface area contributed by atoms with Crippen molar-refractivity contribution in [3.8, 4) is 0 Å². The fourth-order valence-corrected chi connectivity index (χ4v) is 2.63. The minimum atomic E-state index is -0.318. The van der Waals surface area contributed by atoms with Crippen LogP contribution in [0.25, 0.3) is 11.1 Å². The second-order valence-corrected chi connectivity index (χ2v) is 5.24. The van der Waals surface area contributed by atoms with Crippen LogP contribution in [-0.2, 0) is 17.2 Å². The maximum atomic E-state index is 11.5. The van der Waals surface area contributed by atoms with Gasteiger partial charge < -0.3 is 14.5 Å². The average molecular weight is 262 g/mol. The van der Waals surface area contributed by atoms with E-state index in [9.17, 15) is 4.79 Å². The van der Waals surface area contributed by atoms with E-state index >= 15 is 0 Å². The topological polar surface area (TPSA) is 56.4 Å².